The van der Waals surface area contributed by atoms with Gasteiger partial charge in [0.25, 0.3) is 0 Å². The first-order valence-corrected chi connectivity index (χ1v) is 14.7. The van der Waals surface area contributed by atoms with Gasteiger partial charge in [-0.1, -0.05) is 73.7 Å². The first-order chi connectivity index (χ1) is 17.7. The molecular formula is C28H25N5O2S2. The molecule has 1 saturated heterocycles. The molecule has 0 radical (unpaired) electrons. The van der Waals surface area contributed by atoms with Crippen LogP contribution in [0.1, 0.15) is 36.3 Å². The van der Waals surface area contributed by atoms with E-state index < -0.39 is 44.0 Å². The molecule has 4 atom stereocenters. The highest BCUT2D eigenvalue weighted by molar-refractivity contribution is 8.00. The van der Waals surface area contributed by atoms with Gasteiger partial charge in [-0.15, -0.1) is 11.8 Å². The Bertz CT molecular complexity index is 1450. The zero-order chi connectivity index (χ0) is 26.8. The van der Waals surface area contributed by atoms with Gasteiger partial charge in [-0.05, 0) is 29.2 Å². The van der Waals surface area contributed by atoms with Crippen molar-refractivity contribution in [1.29, 1.82) is 21.0 Å². The average molecular weight is 528 g/mol. The van der Waals surface area contributed by atoms with E-state index in [1.54, 1.807) is 36.4 Å². The molecule has 186 valence electrons. The van der Waals surface area contributed by atoms with Crippen LogP contribution in [0.2, 0.25) is 0 Å². The zero-order valence-electron chi connectivity index (χ0n) is 20.4. The highest BCUT2D eigenvalue weighted by Crippen LogP contribution is 2.65. The van der Waals surface area contributed by atoms with Gasteiger partial charge in [0.1, 0.15) is 0 Å². The van der Waals surface area contributed by atoms with Gasteiger partial charge in [-0.25, -0.2) is 8.42 Å². The van der Waals surface area contributed by atoms with E-state index in [-0.39, 0.29) is 0 Å². The third-order valence-electron chi connectivity index (χ3n) is 7.39. The number of nitrogens with zero attached hydrogens (tertiary/aromatic N) is 5. The fourth-order valence-corrected chi connectivity index (χ4v) is 8.60. The van der Waals surface area contributed by atoms with Crippen LogP contribution in [0.25, 0.3) is 0 Å². The lowest BCUT2D eigenvalue weighted by Gasteiger charge is -2.55. The molecule has 0 unspecified atom stereocenters. The summed E-state index contributed by atoms with van der Waals surface area (Å²) in [6, 6.07) is 26.4. The SMILES string of the molecule is CCS[C@@H]1C[C@H](c2ccccc2)[C@@H]2C(=C[C@H](c3ccccc3)C(C#N)(C#N)C2(C#N)C#N)N1S(C)(=O)=O. The molecule has 0 amide bonds. The summed E-state index contributed by atoms with van der Waals surface area (Å²) in [5.74, 6) is -1.83. The molecule has 0 bridgehead atoms. The molecule has 1 heterocycles. The van der Waals surface area contributed by atoms with Gasteiger partial charge in [0, 0.05) is 17.5 Å². The number of hydrogen-bond donors (Lipinski definition) is 0. The Labute approximate surface area is 222 Å². The quantitative estimate of drug-likeness (QED) is 0.541. The second kappa shape index (κ2) is 9.95. The first-order valence-electron chi connectivity index (χ1n) is 11.8. The lowest BCUT2D eigenvalue weighted by Crippen LogP contribution is -2.58. The summed E-state index contributed by atoms with van der Waals surface area (Å²) in [6.45, 7) is 1.95. The largest absolute Gasteiger partial charge is 0.261 e. The Hall–Kier alpha value is -3.76. The van der Waals surface area contributed by atoms with Gasteiger partial charge < -0.3 is 0 Å². The van der Waals surface area contributed by atoms with Gasteiger partial charge in [-0.2, -0.15) is 21.0 Å². The van der Waals surface area contributed by atoms with Gasteiger partial charge in [0.05, 0.1) is 35.9 Å². The average Bonchev–Trinajstić information content (AvgIpc) is 2.91. The van der Waals surface area contributed by atoms with Crippen molar-refractivity contribution >= 4 is 21.8 Å². The minimum Gasteiger partial charge on any atom is -0.261 e. The molecule has 9 heteroatoms. The molecule has 0 N–H and O–H groups in total. The van der Waals surface area contributed by atoms with Crippen molar-refractivity contribution < 1.29 is 8.42 Å². The van der Waals surface area contributed by atoms with Crippen LogP contribution in [0.15, 0.2) is 72.4 Å². The lowest BCUT2D eigenvalue weighted by molar-refractivity contribution is 0.107. The van der Waals surface area contributed by atoms with Gasteiger partial charge in [0.2, 0.25) is 10.0 Å². The van der Waals surface area contributed by atoms with Crippen LogP contribution in [0.4, 0.5) is 0 Å². The van der Waals surface area contributed by atoms with Crippen molar-refractivity contribution in [3.8, 4) is 24.3 Å². The van der Waals surface area contributed by atoms with Crippen LogP contribution in [-0.2, 0) is 10.0 Å². The van der Waals surface area contributed by atoms with Gasteiger partial charge >= 0.3 is 0 Å². The van der Waals surface area contributed by atoms with Crippen molar-refractivity contribution in [1.82, 2.24) is 4.31 Å². The molecule has 7 nitrogen and oxygen atoms in total. The summed E-state index contributed by atoms with van der Waals surface area (Å²) < 4.78 is 27.9. The summed E-state index contributed by atoms with van der Waals surface area (Å²) in [7, 11) is -3.84. The number of sulfonamides is 1. The highest BCUT2D eigenvalue weighted by atomic mass is 32.2. The Balaban J connectivity index is 2.15. The van der Waals surface area contributed by atoms with E-state index in [0.717, 1.165) is 11.8 Å². The summed E-state index contributed by atoms with van der Waals surface area (Å²) in [5.41, 5.74) is -2.54. The fraction of sp³-hybridized carbons (Fsp3) is 0.357. The monoisotopic (exact) mass is 527 g/mol. The molecule has 2 aliphatic rings. The van der Waals surface area contributed by atoms with E-state index in [1.165, 1.54) is 16.1 Å². The maximum atomic E-state index is 13.3. The third kappa shape index (κ3) is 3.96. The molecule has 1 aliphatic heterocycles. The molecule has 0 aromatic heterocycles. The maximum absolute atomic E-state index is 13.3. The van der Waals surface area contributed by atoms with Crippen LogP contribution < -0.4 is 0 Å². The van der Waals surface area contributed by atoms with E-state index >= 15 is 0 Å². The summed E-state index contributed by atoms with van der Waals surface area (Å²) >= 11 is 1.48. The Kier molecular flexibility index (Phi) is 7.07. The minimum atomic E-state index is -3.84. The van der Waals surface area contributed by atoms with Gasteiger partial charge in [-0.3, -0.25) is 4.31 Å². The number of benzene rings is 2. The Morgan fingerprint density at radius 3 is 1.86 bits per heavy atom. The van der Waals surface area contributed by atoms with Crippen LogP contribution >= 0.6 is 11.8 Å². The second-order valence-corrected chi connectivity index (χ2v) is 12.6. The standard InChI is InChI=1S/C28H25N5O2S2/c1-3-36-25-14-22(20-10-6-4-7-11-20)26-24(33(25)37(2,34)35)15-23(21-12-8-5-9-13-21)27(16-29,17-30)28(26,18-31)19-32/h4-13,15,22-23,25-26H,3,14H2,1-2H3/t22-,23-,25-,26-/m1/s1. The van der Waals surface area contributed by atoms with Crippen LogP contribution in [0.5, 0.6) is 0 Å². The van der Waals surface area contributed by atoms with E-state index in [9.17, 15) is 29.5 Å². The van der Waals surface area contributed by atoms with Crippen molar-refractivity contribution in [2.24, 2.45) is 16.7 Å². The molecule has 2 aromatic rings. The second-order valence-electron chi connectivity index (χ2n) is 9.24. The topological polar surface area (TPSA) is 133 Å². The van der Waals surface area contributed by atoms with Crippen LogP contribution in [-0.4, -0.2) is 30.1 Å². The Morgan fingerprint density at radius 1 is 0.892 bits per heavy atom. The highest BCUT2D eigenvalue weighted by Gasteiger charge is 2.69. The smallest absolute Gasteiger partial charge is 0.233 e. The summed E-state index contributed by atoms with van der Waals surface area (Å²) in [4.78, 5) is 0. The molecule has 37 heavy (non-hydrogen) atoms. The molecule has 4 rings (SSSR count). The molecular weight excluding hydrogens is 502 g/mol. The van der Waals surface area contributed by atoms with Crippen LogP contribution in [0.3, 0.4) is 0 Å². The Morgan fingerprint density at radius 2 is 1.41 bits per heavy atom. The normalized spacial score (nSPS) is 25.8. The minimum absolute atomic E-state index is 0.298. The van der Waals surface area contributed by atoms with Gasteiger partial charge in [0.15, 0.2) is 10.8 Å². The number of nitriles is 4. The summed E-state index contributed by atoms with van der Waals surface area (Å²) in [6.07, 6.45) is 3.09. The predicted octanol–water partition coefficient (Wildman–Crippen LogP) is 4.88. The number of fused-ring (bicyclic) bond motifs is 1. The number of allylic oxidation sites excluding steroid dienone is 2. The van der Waals surface area contributed by atoms with Crippen molar-refractivity contribution in [2.45, 2.75) is 30.6 Å². The van der Waals surface area contributed by atoms with E-state index in [1.807, 2.05) is 37.3 Å². The molecule has 0 spiro atoms. The number of piperidine rings is 1. The number of hydrogen-bond acceptors (Lipinski definition) is 7. The molecule has 0 saturated carbocycles. The summed E-state index contributed by atoms with van der Waals surface area (Å²) in [5, 5.41) is 42.0. The lowest BCUT2D eigenvalue weighted by atomic mass is 9.47. The maximum Gasteiger partial charge on any atom is 0.233 e. The van der Waals surface area contributed by atoms with E-state index in [2.05, 4.69) is 24.3 Å². The van der Waals surface area contributed by atoms with E-state index in [4.69, 9.17) is 0 Å². The van der Waals surface area contributed by atoms with Crippen molar-refractivity contribution in [3.05, 3.63) is 83.6 Å². The van der Waals surface area contributed by atoms with Crippen molar-refractivity contribution in [3.63, 3.8) is 0 Å². The molecule has 1 aliphatic carbocycles. The molecule has 1 fully saturated rings. The third-order valence-corrected chi connectivity index (χ3v) is 9.83. The van der Waals surface area contributed by atoms with Crippen LogP contribution in [0, 0.1) is 62.1 Å². The predicted molar refractivity (Wildman–Crippen MR) is 140 cm³/mol. The number of rotatable bonds is 5. The molecule has 2 aromatic carbocycles. The van der Waals surface area contributed by atoms with Crippen molar-refractivity contribution in [2.75, 3.05) is 12.0 Å². The zero-order valence-corrected chi connectivity index (χ0v) is 22.1. The van der Waals surface area contributed by atoms with E-state index in [0.29, 0.717) is 23.4 Å². The first kappa shape index (κ1) is 26.3. The number of thioether (sulfide) groups is 1. The fourth-order valence-electron chi connectivity index (χ4n) is 5.89.